The molecule has 1 aromatic rings. The molecular formula is C9H15NO2. The van der Waals surface area contributed by atoms with E-state index in [2.05, 4.69) is 0 Å². The Kier molecular flexibility index (Phi) is 4.88. The molecule has 0 aliphatic rings. The smallest absolute Gasteiger partial charge is 0.157 e. The fourth-order valence-corrected chi connectivity index (χ4v) is 0.633. The Morgan fingerprint density at radius 3 is 2.08 bits per heavy atom. The van der Waals surface area contributed by atoms with Crippen LogP contribution in [0.2, 0.25) is 0 Å². The minimum Gasteiger partial charge on any atom is -0.504 e. The molecule has 3 nitrogen and oxygen atoms in total. The summed E-state index contributed by atoms with van der Waals surface area (Å²) in [6.45, 7) is 4.50. The summed E-state index contributed by atoms with van der Waals surface area (Å²) in [4.78, 5) is 0. The number of benzene rings is 1. The summed E-state index contributed by atoms with van der Waals surface area (Å²) in [5.74, 6) is -0.129. The maximum atomic E-state index is 8.85. The standard InChI is InChI=1S/C7H8O2.C2H7N/c1-5-2-3-6(8)7(9)4-5;1-2-3/h2-4,8-9H,1H3;2-3H2,1H3. The maximum Gasteiger partial charge on any atom is 0.157 e. The minimum absolute atomic E-state index is 0.0602. The maximum absolute atomic E-state index is 8.85. The summed E-state index contributed by atoms with van der Waals surface area (Å²) in [5, 5.41) is 17.6. The highest BCUT2D eigenvalue weighted by atomic mass is 16.3. The van der Waals surface area contributed by atoms with Gasteiger partial charge in [0.15, 0.2) is 11.5 Å². The number of aryl methyl sites for hydroxylation is 1. The van der Waals surface area contributed by atoms with Crippen molar-refractivity contribution in [1.29, 1.82) is 0 Å². The van der Waals surface area contributed by atoms with E-state index in [0.717, 1.165) is 12.1 Å². The van der Waals surface area contributed by atoms with E-state index >= 15 is 0 Å². The summed E-state index contributed by atoms with van der Waals surface area (Å²) >= 11 is 0. The molecule has 0 radical (unpaired) electrons. The molecule has 0 aliphatic carbocycles. The van der Waals surface area contributed by atoms with Gasteiger partial charge in [-0.05, 0) is 31.2 Å². The predicted octanol–water partition coefficient (Wildman–Crippen LogP) is 1.37. The van der Waals surface area contributed by atoms with E-state index in [-0.39, 0.29) is 11.5 Å². The van der Waals surface area contributed by atoms with E-state index in [1.54, 1.807) is 6.07 Å². The van der Waals surface area contributed by atoms with Crippen LogP contribution in [-0.2, 0) is 0 Å². The number of nitrogens with two attached hydrogens (primary N) is 1. The van der Waals surface area contributed by atoms with Crippen LogP contribution in [0.25, 0.3) is 0 Å². The molecule has 0 amide bonds. The van der Waals surface area contributed by atoms with Crippen LogP contribution >= 0.6 is 0 Å². The average Bonchev–Trinajstić information content (AvgIpc) is 1.99. The van der Waals surface area contributed by atoms with Gasteiger partial charge in [-0.1, -0.05) is 13.0 Å². The van der Waals surface area contributed by atoms with E-state index in [0.29, 0.717) is 0 Å². The molecule has 0 spiro atoms. The van der Waals surface area contributed by atoms with Crippen molar-refractivity contribution >= 4 is 0 Å². The lowest BCUT2D eigenvalue weighted by Gasteiger charge is -1.95. The first-order valence-electron chi connectivity index (χ1n) is 3.80. The second-order valence-corrected chi connectivity index (χ2v) is 2.40. The van der Waals surface area contributed by atoms with Crippen molar-refractivity contribution in [3.63, 3.8) is 0 Å². The quantitative estimate of drug-likeness (QED) is 0.514. The number of phenols is 2. The Hall–Kier alpha value is -1.22. The molecule has 1 rings (SSSR count). The summed E-state index contributed by atoms with van der Waals surface area (Å²) in [6.07, 6.45) is 0. The number of phenolic OH excluding ortho intramolecular Hbond substituents is 2. The average molecular weight is 169 g/mol. The zero-order chi connectivity index (χ0) is 9.56. The van der Waals surface area contributed by atoms with Gasteiger partial charge in [0.05, 0.1) is 0 Å². The van der Waals surface area contributed by atoms with Crippen molar-refractivity contribution in [2.24, 2.45) is 5.73 Å². The van der Waals surface area contributed by atoms with Crippen molar-refractivity contribution in [2.45, 2.75) is 13.8 Å². The van der Waals surface area contributed by atoms with Crippen LogP contribution in [0.1, 0.15) is 12.5 Å². The van der Waals surface area contributed by atoms with Gasteiger partial charge in [-0.3, -0.25) is 0 Å². The zero-order valence-corrected chi connectivity index (χ0v) is 7.41. The van der Waals surface area contributed by atoms with Crippen molar-refractivity contribution < 1.29 is 10.2 Å². The van der Waals surface area contributed by atoms with Gasteiger partial charge in [0.1, 0.15) is 0 Å². The largest absolute Gasteiger partial charge is 0.504 e. The van der Waals surface area contributed by atoms with E-state index in [9.17, 15) is 0 Å². The third-order valence-electron chi connectivity index (χ3n) is 1.13. The number of aromatic hydroxyl groups is 2. The Bertz CT molecular complexity index is 236. The lowest BCUT2D eigenvalue weighted by molar-refractivity contribution is 0.403. The molecule has 12 heavy (non-hydrogen) atoms. The highest BCUT2D eigenvalue weighted by Crippen LogP contribution is 2.23. The van der Waals surface area contributed by atoms with Crippen LogP contribution in [0.15, 0.2) is 18.2 Å². The molecule has 1 aromatic carbocycles. The first-order valence-corrected chi connectivity index (χ1v) is 3.80. The van der Waals surface area contributed by atoms with Crippen molar-refractivity contribution in [2.75, 3.05) is 6.54 Å². The Balaban J connectivity index is 0.000000354. The SMILES string of the molecule is CCN.Cc1ccc(O)c(O)c1. The van der Waals surface area contributed by atoms with Crippen molar-refractivity contribution in [3.05, 3.63) is 23.8 Å². The van der Waals surface area contributed by atoms with Crippen molar-refractivity contribution in [1.82, 2.24) is 0 Å². The summed E-state index contributed by atoms with van der Waals surface area (Å²) in [5.41, 5.74) is 5.78. The monoisotopic (exact) mass is 169 g/mol. The third kappa shape index (κ3) is 3.83. The highest BCUT2D eigenvalue weighted by molar-refractivity contribution is 5.39. The molecule has 68 valence electrons. The third-order valence-corrected chi connectivity index (χ3v) is 1.13. The Morgan fingerprint density at radius 1 is 1.25 bits per heavy atom. The molecule has 0 aromatic heterocycles. The molecule has 0 aliphatic heterocycles. The van der Waals surface area contributed by atoms with Crippen LogP contribution in [0.5, 0.6) is 11.5 Å². The van der Waals surface area contributed by atoms with Gasteiger partial charge >= 0.3 is 0 Å². The second-order valence-electron chi connectivity index (χ2n) is 2.40. The number of hydrogen-bond acceptors (Lipinski definition) is 3. The van der Waals surface area contributed by atoms with E-state index < -0.39 is 0 Å². The van der Waals surface area contributed by atoms with Gasteiger partial charge < -0.3 is 15.9 Å². The molecule has 0 unspecified atom stereocenters. The Morgan fingerprint density at radius 2 is 1.75 bits per heavy atom. The van der Waals surface area contributed by atoms with Crippen LogP contribution in [0.3, 0.4) is 0 Å². The van der Waals surface area contributed by atoms with Crippen molar-refractivity contribution in [3.8, 4) is 11.5 Å². The molecule has 0 bridgehead atoms. The van der Waals surface area contributed by atoms with Crippen LogP contribution < -0.4 is 5.73 Å². The normalized spacial score (nSPS) is 8.58. The fraction of sp³-hybridized carbons (Fsp3) is 0.333. The van der Waals surface area contributed by atoms with Crippen LogP contribution in [0, 0.1) is 6.92 Å². The van der Waals surface area contributed by atoms with Crippen LogP contribution in [0.4, 0.5) is 0 Å². The van der Waals surface area contributed by atoms with E-state index in [4.69, 9.17) is 15.9 Å². The molecule has 0 fully saturated rings. The van der Waals surface area contributed by atoms with Gasteiger partial charge in [-0.2, -0.15) is 0 Å². The first kappa shape index (κ1) is 10.8. The van der Waals surface area contributed by atoms with Gasteiger partial charge in [0, 0.05) is 0 Å². The molecule has 3 heteroatoms. The second kappa shape index (κ2) is 5.43. The molecule has 0 heterocycles. The minimum atomic E-state index is -0.0689. The highest BCUT2D eigenvalue weighted by Gasteiger charge is 1.94. The van der Waals surface area contributed by atoms with Gasteiger partial charge in [0.25, 0.3) is 0 Å². The molecular weight excluding hydrogens is 154 g/mol. The van der Waals surface area contributed by atoms with E-state index in [1.807, 2.05) is 13.8 Å². The predicted molar refractivity (Wildman–Crippen MR) is 49.2 cm³/mol. The summed E-state index contributed by atoms with van der Waals surface area (Å²) in [6, 6.07) is 4.70. The molecule has 0 atom stereocenters. The lowest BCUT2D eigenvalue weighted by atomic mass is 10.2. The first-order chi connectivity index (χ1) is 5.61. The topological polar surface area (TPSA) is 66.5 Å². The molecule has 4 N–H and O–H groups in total. The summed E-state index contributed by atoms with van der Waals surface area (Å²) in [7, 11) is 0. The number of rotatable bonds is 0. The number of hydrogen-bond donors (Lipinski definition) is 3. The van der Waals surface area contributed by atoms with Gasteiger partial charge in [-0.15, -0.1) is 0 Å². The van der Waals surface area contributed by atoms with Crippen LogP contribution in [-0.4, -0.2) is 16.8 Å². The zero-order valence-electron chi connectivity index (χ0n) is 7.41. The summed E-state index contributed by atoms with van der Waals surface area (Å²) < 4.78 is 0. The molecule has 0 saturated heterocycles. The fourth-order valence-electron chi connectivity index (χ4n) is 0.633. The lowest BCUT2D eigenvalue weighted by Crippen LogP contribution is -1.87. The van der Waals surface area contributed by atoms with Gasteiger partial charge in [-0.25, -0.2) is 0 Å². The molecule has 0 saturated carbocycles. The van der Waals surface area contributed by atoms with Gasteiger partial charge in [0.2, 0.25) is 0 Å². The van der Waals surface area contributed by atoms with E-state index in [1.165, 1.54) is 12.1 Å². The Labute approximate surface area is 72.5 Å².